The highest BCUT2D eigenvalue weighted by Crippen LogP contribution is 2.30. The topological polar surface area (TPSA) is 35.5 Å². The van der Waals surface area contributed by atoms with Gasteiger partial charge in [-0.2, -0.15) is 0 Å². The van der Waals surface area contributed by atoms with Gasteiger partial charge in [-0.15, -0.1) is 0 Å². The van der Waals surface area contributed by atoms with Gasteiger partial charge in [0, 0.05) is 0 Å². The number of alkyl halides is 2. The minimum absolute atomic E-state index is 0.0691. The van der Waals surface area contributed by atoms with Gasteiger partial charge < -0.3 is 9.47 Å². The van der Waals surface area contributed by atoms with E-state index >= 15 is 0 Å². The summed E-state index contributed by atoms with van der Waals surface area (Å²) in [6, 6.07) is 4.65. The lowest BCUT2D eigenvalue weighted by atomic mass is 10.2. The lowest BCUT2D eigenvalue weighted by Crippen LogP contribution is -2.09. The van der Waals surface area contributed by atoms with Crippen molar-refractivity contribution in [2.75, 3.05) is 13.2 Å². The van der Waals surface area contributed by atoms with E-state index in [1.807, 2.05) is 0 Å². The van der Waals surface area contributed by atoms with Crippen LogP contribution in [0.2, 0.25) is 0 Å². The van der Waals surface area contributed by atoms with Crippen LogP contribution < -0.4 is 9.47 Å². The van der Waals surface area contributed by atoms with Crippen LogP contribution in [0.5, 0.6) is 11.5 Å². The fourth-order valence-electron chi connectivity index (χ4n) is 1.20. The summed E-state index contributed by atoms with van der Waals surface area (Å²) in [4.78, 5) is 10.7. The van der Waals surface area contributed by atoms with Gasteiger partial charge in [0.2, 0.25) is 0 Å². The fourth-order valence-corrected chi connectivity index (χ4v) is 1.20. The van der Waals surface area contributed by atoms with Gasteiger partial charge in [0.25, 0.3) is 6.43 Å². The first kappa shape index (κ1) is 12.4. The molecule has 0 amide bonds. The monoisotopic (exact) mass is 230 g/mol. The van der Waals surface area contributed by atoms with Crippen molar-refractivity contribution in [3.63, 3.8) is 0 Å². The average molecular weight is 230 g/mol. The van der Waals surface area contributed by atoms with Crippen LogP contribution in [0.3, 0.4) is 0 Å². The number of carbonyl (C=O) groups excluding carboxylic acids is 1. The molecule has 0 atom stereocenters. The number of aldehydes is 1. The molecule has 0 aliphatic rings. The highest BCUT2D eigenvalue weighted by Gasteiger charge is 2.12. The summed E-state index contributed by atoms with van der Waals surface area (Å²) in [5, 5.41) is 0. The molecular formula is C11H12F2O3. The molecule has 0 aliphatic heterocycles. The number of hydrogen-bond donors (Lipinski definition) is 0. The van der Waals surface area contributed by atoms with E-state index in [2.05, 4.69) is 0 Å². The van der Waals surface area contributed by atoms with Gasteiger partial charge in [-0.25, -0.2) is 8.78 Å². The van der Waals surface area contributed by atoms with Gasteiger partial charge in [-0.3, -0.25) is 4.79 Å². The van der Waals surface area contributed by atoms with Gasteiger partial charge in [0.05, 0.1) is 12.2 Å². The zero-order valence-electron chi connectivity index (χ0n) is 8.78. The van der Waals surface area contributed by atoms with Crippen LogP contribution in [-0.4, -0.2) is 25.9 Å². The van der Waals surface area contributed by atoms with Gasteiger partial charge >= 0.3 is 0 Å². The molecule has 0 heterocycles. The molecule has 1 aromatic carbocycles. The van der Waals surface area contributed by atoms with Crippen molar-refractivity contribution < 1.29 is 23.0 Å². The molecule has 0 unspecified atom stereocenters. The molecule has 5 heteroatoms. The number of carbonyl (C=O) groups is 1. The maximum Gasteiger partial charge on any atom is 0.272 e. The molecule has 0 fully saturated rings. The summed E-state index contributed by atoms with van der Waals surface area (Å²) in [5.74, 6) is 0.368. The van der Waals surface area contributed by atoms with Crippen LogP contribution in [0.25, 0.3) is 0 Å². The Morgan fingerprint density at radius 2 is 2.12 bits per heavy atom. The van der Waals surface area contributed by atoms with E-state index in [9.17, 15) is 13.6 Å². The number of halogens is 2. The Morgan fingerprint density at radius 1 is 1.38 bits per heavy atom. The van der Waals surface area contributed by atoms with E-state index in [1.165, 1.54) is 6.07 Å². The molecule has 1 aromatic rings. The van der Waals surface area contributed by atoms with E-state index in [1.54, 1.807) is 19.1 Å². The summed E-state index contributed by atoms with van der Waals surface area (Å²) in [7, 11) is 0. The number of benzene rings is 1. The molecule has 0 radical (unpaired) electrons. The summed E-state index contributed by atoms with van der Waals surface area (Å²) in [5.41, 5.74) is 0.201. The highest BCUT2D eigenvalue weighted by molar-refractivity contribution is 5.81. The molecule has 0 saturated carbocycles. The van der Waals surface area contributed by atoms with Crippen molar-refractivity contribution in [2.45, 2.75) is 13.3 Å². The number of hydrogen-bond acceptors (Lipinski definition) is 3. The lowest BCUT2D eigenvalue weighted by molar-refractivity contribution is 0.0791. The van der Waals surface area contributed by atoms with Crippen molar-refractivity contribution in [2.24, 2.45) is 0 Å². The molecule has 0 aromatic heterocycles. The summed E-state index contributed by atoms with van der Waals surface area (Å²) < 4.78 is 34.1. The molecule has 16 heavy (non-hydrogen) atoms. The Labute approximate surface area is 92.0 Å². The predicted molar refractivity (Wildman–Crippen MR) is 54.5 cm³/mol. The Hall–Kier alpha value is -1.65. The molecular weight excluding hydrogens is 218 g/mol. The second kappa shape index (κ2) is 6.05. The Morgan fingerprint density at radius 3 is 2.69 bits per heavy atom. The standard InChI is InChI=1S/C11H12F2O3/c1-2-15-9-5-3-4-8(6-14)11(9)16-7-10(12)13/h3-6,10H,2,7H2,1H3. The molecule has 0 saturated heterocycles. The third kappa shape index (κ3) is 3.18. The summed E-state index contributed by atoms with van der Waals surface area (Å²) >= 11 is 0. The van der Waals surface area contributed by atoms with Crippen LogP contribution in [0, 0.1) is 0 Å². The Kier molecular flexibility index (Phi) is 4.69. The molecule has 0 aliphatic carbocycles. The van der Waals surface area contributed by atoms with Crippen LogP contribution in [0.15, 0.2) is 18.2 Å². The summed E-state index contributed by atoms with van der Waals surface area (Å²) in [6.45, 7) is 1.36. The minimum atomic E-state index is -2.59. The van der Waals surface area contributed by atoms with E-state index in [-0.39, 0.29) is 11.3 Å². The van der Waals surface area contributed by atoms with E-state index in [4.69, 9.17) is 9.47 Å². The first-order valence-corrected chi connectivity index (χ1v) is 4.81. The second-order valence-electron chi connectivity index (χ2n) is 2.93. The van der Waals surface area contributed by atoms with Crippen molar-refractivity contribution in [3.8, 4) is 11.5 Å². The number of para-hydroxylation sites is 1. The highest BCUT2D eigenvalue weighted by atomic mass is 19.3. The molecule has 0 spiro atoms. The number of rotatable bonds is 6. The van der Waals surface area contributed by atoms with Crippen molar-refractivity contribution in [3.05, 3.63) is 23.8 Å². The quantitative estimate of drug-likeness (QED) is 0.704. The third-order valence-corrected chi connectivity index (χ3v) is 1.79. The van der Waals surface area contributed by atoms with Gasteiger partial charge in [-0.1, -0.05) is 6.07 Å². The van der Waals surface area contributed by atoms with Crippen molar-refractivity contribution in [1.82, 2.24) is 0 Å². The Balaban J connectivity index is 2.94. The third-order valence-electron chi connectivity index (χ3n) is 1.79. The number of ether oxygens (including phenoxy) is 2. The largest absolute Gasteiger partial charge is 0.490 e. The maximum absolute atomic E-state index is 12.0. The first-order chi connectivity index (χ1) is 7.69. The van der Waals surface area contributed by atoms with Crippen LogP contribution in [0.1, 0.15) is 17.3 Å². The van der Waals surface area contributed by atoms with E-state index < -0.39 is 13.0 Å². The van der Waals surface area contributed by atoms with Gasteiger partial charge in [0.15, 0.2) is 17.8 Å². The zero-order chi connectivity index (χ0) is 12.0. The smallest absolute Gasteiger partial charge is 0.272 e. The maximum atomic E-state index is 12.0. The predicted octanol–water partition coefficient (Wildman–Crippen LogP) is 2.54. The Bertz CT molecular complexity index is 353. The SMILES string of the molecule is CCOc1cccc(C=O)c1OCC(F)F. The summed E-state index contributed by atoms with van der Waals surface area (Å²) in [6.07, 6.45) is -2.04. The second-order valence-corrected chi connectivity index (χ2v) is 2.93. The molecule has 3 nitrogen and oxygen atoms in total. The minimum Gasteiger partial charge on any atom is -0.490 e. The normalized spacial score (nSPS) is 10.2. The first-order valence-electron chi connectivity index (χ1n) is 4.81. The van der Waals surface area contributed by atoms with Crippen LogP contribution in [-0.2, 0) is 0 Å². The molecule has 0 N–H and O–H groups in total. The average Bonchev–Trinajstić information content (AvgIpc) is 2.27. The molecule has 88 valence electrons. The van der Waals surface area contributed by atoms with E-state index in [0.717, 1.165) is 0 Å². The lowest BCUT2D eigenvalue weighted by Gasteiger charge is -2.13. The van der Waals surface area contributed by atoms with Crippen LogP contribution >= 0.6 is 0 Å². The van der Waals surface area contributed by atoms with Crippen LogP contribution in [0.4, 0.5) is 8.78 Å². The van der Waals surface area contributed by atoms with Crippen molar-refractivity contribution in [1.29, 1.82) is 0 Å². The fraction of sp³-hybridized carbons (Fsp3) is 0.364. The molecule has 1 rings (SSSR count). The van der Waals surface area contributed by atoms with Crippen molar-refractivity contribution >= 4 is 6.29 Å². The van der Waals surface area contributed by atoms with Gasteiger partial charge in [-0.05, 0) is 19.1 Å². The van der Waals surface area contributed by atoms with Gasteiger partial charge in [0.1, 0.15) is 6.61 Å². The zero-order valence-corrected chi connectivity index (χ0v) is 8.78. The van der Waals surface area contributed by atoms with E-state index in [0.29, 0.717) is 18.6 Å². The molecule has 0 bridgehead atoms.